The van der Waals surface area contributed by atoms with Crippen LogP contribution >= 0.6 is 0 Å². The molecule has 0 radical (unpaired) electrons. The molecule has 158 valence electrons. The molecule has 2 fully saturated rings. The predicted octanol–water partition coefficient (Wildman–Crippen LogP) is 0.481. The number of sulfone groups is 2. The van der Waals surface area contributed by atoms with Gasteiger partial charge in [-0.1, -0.05) is 6.07 Å². The molecule has 0 amide bonds. The number of hydrogen-bond donors (Lipinski definition) is 1. The Kier molecular flexibility index (Phi) is 5.69. The van der Waals surface area contributed by atoms with Crippen molar-refractivity contribution in [3.8, 4) is 0 Å². The number of nitrogens with one attached hydrogen (secondary N) is 1. The van der Waals surface area contributed by atoms with E-state index >= 15 is 0 Å². The first-order valence-electron chi connectivity index (χ1n) is 9.10. The van der Waals surface area contributed by atoms with Gasteiger partial charge in [0.15, 0.2) is 19.7 Å². The number of hydrogen-bond acceptors (Lipinski definition) is 7. The van der Waals surface area contributed by atoms with Crippen LogP contribution in [-0.2, 0) is 29.7 Å². The molecule has 1 N–H and O–H groups in total. The summed E-state index contributed by atoms with van der Waals surface area (Å²) in [5.74, 6) is -0.530. The van der Waals surface area contributed by atoms with E-state index in [1.807, 2.05) is 13.8 Å². The summed E-state index contributed by atoms with van der Waals surface area (Å²) >= 11 is 0. The zero-order valence-electron chi connectivity index (χ0n) is 16.2. The largest absolute Gasteiger partial charge is 0.256 e. The molecule has 2 aliphatic heterocycles. The first kappa shape index (κ1) is 21.7. The summed E-state index contributed by atoms with van der Waals surface area (Å²) in [7, 11) is -10.6. The molecule has 0 unspecified atom stereocenters. The maximum Gasteiger partial charge on any atom is 0.256 e. The van der Waals surface area contributed by atoms with Gasteiger partial charge >= 0.3 is 0 Å². The Morgan fingerprint density at radius 2 is 1.46 bits per heavy atom. The zero-order valence-corrected chi connectivity index (χ0v) is 18.6. The van der Waals surface area contributed by atoms with E-state index in [0.29, 0.717) is 12.0 Å². The van der Waals surface area contributed by atoms with E-state index in [1.165, 1.54) is 0 Å². The number of benzene rings is 1. The Hall–Kier alpha value is -1.01. The van der Waals surface area contributed by atoms with E-state index in [-0.39, 0.29) is 34.3 Å². The third-order valence-electron chi connectivity index (χ3n) is 5.41. The second-order valence-electron chi connectivity index (χ2n) is 7.79. The van der Waals surface area contributed by atoms with Crippen LogP contribution in [0.1, 0.15) is 29.5 Å². The minimum Gasteiger partial charge on any atom is -0.237 e. The van der Waals surface area contributed by atoms with Gasteiger partial charge in [0.2, 0.25) is 0 Å². The number of rotatable bonds is 5. The van der Waals surface area contributed by atoms with Crippen molar-refractivity contribution in [3.05, 3.63) is 28.8 Å². The molecule has 2 aliphatic rings. The quantitative estimate of drug-likeness (QED) is 0.648. The van der Waals surface area contributed by atoms with Crippen LogP contribution < -0.4 is 5.43 Å². The Labute approximate surface area is 167 Å². The number of sulfonamides is 1. The molecule has 1 aromatic rings. The maximum absolute atomic E-state index is 13.5. The normalized spacial score (nSPS) is 26.7. The lowest BCUT2D eigenvalue weighted by Crippen LogP contribution is -2.54. The summed E-state index contributed by atoms with van der Waals surface area (Å²) < 4.78 is 75.5. The smallest absolute Gasteiger partial charge is 0.237 e. The van der Waals surface area contributed by atoms with Gasteiger partial charge < -0.3 is 0 Å². The monoisotopic (exact) mass is 450 g/mol. The van der Waals surface area contributed by atoms with E-state index in [2.05, 4.69) is 5.43 Å². The third-order valence-corrected chi connectivity index (χ3v) is 10.8. The number of nitrogens with zero attached hydrogens (tertiary/aromatic N) is 1. The SMILES string of the molecule is Cc1cc(C)c(S(=O)(=O)N(N[C@H]2CCS(=O)(=O)C2)[C@H]2CCS(=O)(=O)C2)cc1C. The highest BCUT2D eigenvalue weighted by Gasteiger charge is 2.42. The second-order valence-corrected chi connectivity index (χ2v) is 14.0. The van der Waals surface area contributed by atoms with E-state index < -0.39 is 41.8 Å². The molecule has 3 rings (SSSR count). The van der Waals surface area contributed by atoms with Crippen molar-refractivity contribution in [2.75, 3.05) is 23.0 Å². The van der Waals surface area contributed by atoms with Crippen LogP contribution in [0.4, 0.5) is 0 Å². The minimum atomic E-state index is -4.07. The minimum absolute atomic E-state index is 0.00973. The van der Waals surface area contributed by atoms with Crippen molar-refractivity contribution in [3.63, 3.8) is 0 Å². The summed E-state index contributed by atoms with van der Waals surface area (Å²) in [6, 6.07) is 2.05. The fourth-order valence-corrected chi connectivity index (χ4v) is 9.05. The fourth-order valence-electron chi connectivity index (χ4n) is 3.73. The molecule has 2 heterocycles. The van der Waals surface area contributed by atoms with Crippen molar-refractivity contribution in [2.24, 2.45) is 0 Å². The summed E-state index contributed by atoms with van der Waals surface area (Å²) in [6.07, 6.45) is 0.470. The van der Waals surface area contributed by atoms with Crippen LogP contribution in [-0.4, -0.2) is 64.8 Å². The van der Waals surface area contributed by atoms with Gasteiger partial charge in [0.25, 0.3) is 10.0 Å². The van der Waals surface area contributed by atoms with Crippen molar-refractivity contribution >= 4 is 29.7 Å². The average molecular weight is 451 g/mol. The lowest BCUT2D eigenvalue weighted by atomic mass is 10.1. The molecule has 2 atom stereocenters. The van der Waals surface area contributed by atoms with Crippen LogP contribution in [0.15, 0.2) is 17.0 Å². The van der Waals surface area contributed by atoms with E-state index in [4.69, 9.17) is 0 Å². The summed E-state index contributed by atoms with van der Waals surface area (Å²) in [4.78, 5) is 0.105. The zero-order chi connectivity index (χ0) is 20.9. The Bertz CT molecular complexity index is 1090. The molecule has 0 aliphatic carbocycles. The van der Waals surface area contributed by atoms with Crippen LogP contribution in [0.5, 0.6) is 0 Å². The van der Waals surface area contributed by atoms with Crippen molar-refractivity contribution in [2.45, 2.75) is 50.6 Å². The van der Waals surface area contributed by atoms with Gasteiger partial charge in [0, 0.05) is 6.04 Å². The standard InChI is InChI=1S/C17H26N2O6S3/c1-12-8-14(3)17(9-13(12)2)28(24,25)19(16-5-7-27(22,23)11-16)18-15-4-6-26(20,21)10-15/h8-9,15-16,18H,4-7,10-11H2,1-3H3/t15-,16-/m0/s1. The molecule has 0 spiro atoms. The summed E-state index contributed by atoms with van der Waals surface area (Å²) in [6.45, 7) is 5.40. The Morgan fingerprint density at radius 1 is 0.893 bits per heavy atom. The highest BCUT2D eigenvalue weighted by atomic mass is 32.2. The highest BCUT2D eigenvalue weighted by Crippen LogP contribution is 2.28. The lowest BCUT2D eigenvalue weighted by molar-refractivity contribution is 0.229. The molecule has 0 saturated carbocycles. The van der Waals surface area contributed by atoms with Crippen LogP contribution in [0.3, 0.4) is 0 Å². The van der Waals surface area contributed by atoms with Crippen molar-refractivity contribution in [1.82, 2.24) is 9.84 Å². The van der Waals surface area contributed by atoms with Crippen molar-refractivity contribution in [1.29, 1.82) is 0 Å². The topological polar surface area (TPSA) is 118 Å². The van der Waals surface area contributed by atoms with Gasteiger partial charge in [0.1, 0.15) is 0 Å². The van der Waals surface area contributed by atoms with Crippen LogP contribution in [0.2, 0.25) is 0 Å². The molecule has 8 nitrogen and oxygen atoms in total. The lowest BCUT2D eigenvalue weighted by Gasteiger charge is -2.31. The van der Waals surface area contributed by atoms with Gasteiger partial charge in [-0.2, -0.15) is 0 Å². The Balaban J connectivity index is 2.01. The summed E-state index contributed by atoms with van der Waals surface area (Å²) in [5.41, 5.74) is 5.19. The molecular formula is C17H26N2O6S3. The molecule has 1 aromatic carbocycles. The van der Waals surface area contributed by atoms with Gasteiger partial charge in [-0.3, -0.25) is 0 Å². The molecule has 0 aromatic heterocycles. The van der Waals surface area contributed by atoms with Crippen LogP contribution in [0, 0.1) is 20.8 Å². The molecule has 11 heteroatoms. The highest BCUT2D eigenvalue weighted by molar-refractivity contribution is 7.92. The molecule has 0 bridgehead atoms. The third kappa shape index (κ3) is 4.43. The van der Waals surface area contributed by atoms with Crippen LogP contribution in [0.25, 0.3) is 0 Å². The first-order valence-corrected chi connectivity index (χ1v) is 14.2. The average Bonchev–Trinajstić information content (AvgIpc) is 3.09. The number of hydrazine groups is 1. The maximum atomic E-state index is 13.5. The Morgan fingerprint density at radius 3 is 2.00 bits per heavy atom. The van der Waals surface area contributed by atoms with E-state index in [1.54, 1.807) is 19.1 Å². The first-order chi connectivity index (χ1) is 12.8. The van der Waals surface area contributed by atoms with Gasteiger partial charge in [-0.05, 0) is 56.4 Å². The summed E-state index contributed by atoms with van der Waals surface area (Å²) in [5, 5.41) is 0. The molecule has 28 heavy (non-hydrogen) atoms. The van der Waals surface area contributed by atoms with Crippen molar-refractivity contribution < 1.29 is 25.3 Å². The second kappa shape index (κ2) is 7.35. The van der Waals surface area contributed by atoms with Gasteiger partial charge in [-0.25, -0.2) is 30.7 Å². The van der Waals surface area contributed by atoms with Gasteiger partial charge in [0.05, 0.1) is 33.9 Å². The molecule has 2 saturated heterocycles. The van der Waals surface area contributed by atoms with E-state index in [0.717, 1.165) is 15.5 Å². The fraction of sp³-hybridized carbons (Fsp3) is 0.647. The molecular weight excluding hydrogens is 424 g/mol. The van der Waals surface area contributed by atoms with Gasteiger partial charge in [-0.15, -0.1) is 4.41 Å². The predicted molar refractivity (Wildman–Crippen MR) is 107 cm³/mol. The van der Waals surface area contributed by atoms with E-state index in [9.17, 15) is 25.3 Å². The number of aryl methyl sites for hydroxylation is 3.